The van der Waals surface area contributed by atoms with Gasteiger partial charge in [0.05, 0.1) is 12.2 Å². The van der Waals surface area contributed by atoms with Gasteiger partial charge in [0.15, 0.2) is 0 Å². The van der Waals surface area contributed by atoms with Crippen molar-refractivity contribution in [1.82, 2.24) is 4.90 Å². The molecule has 1 fully saturated rings. The Kier molecular flexibility index (Phi) is 5.09. The van der Waals surface area contributed by atoms with Crippen LogP contribution in [0.5, 0.6) is 0 Å². The Morgan fingerprint density at radius 1 is 1.50 bits per heavy atom. The first-order chi connectivity index (χ1) is 9.58. The van der Waals surface area contributed by atoms with E-state index in [1.54, 1.807) is 12.1 Å². The summed E-state index contributed by atoms with van der Waals surface area (Å²) in [6.45, 7) is 2.76. The maximum Gasteiger partial charge on any atom is 0.138 e. The van der Waals surface area contributed by atoms with E-state index in [1.165, 1.54) is 18.9 Å². The zero-order valence-electron chi connectivity index (χ0n) is 11.9. The minimum atomic E-state index is -0.397. The van der Waals surface area contributed by atoms with Gasteiger partial charge in [-0.2, -0.15) is 0 Å². The second kappa shape index (κ2) is 6.81. The Bertz CT molecular complexity index is 474. The second-order valence-corrected chi connectivity index (χ2v) is 5.45. The van der Waals surface area contributed by atoms with Crippen molar-refractivity contribution in [2.75, 3.05) is 26.8 Å². The van der Waals surface area contributed by atoms with E-state index in [1.807, 2.05) is 11.9 Å². The van der Waals surface area contributed by atoms with E-state index in [4.69, 9.17) is 15.9 Å². The van der Waals surface area contributed by atoms with E-state index >= 15 is 0 Å². The number of ether oxygens (including phenoxy) is 1. The molecule has 20 heavy (non-hydrogen) atoms. The highest BCUT2D eigenvalue weighted by atomic mass is 19.1. The first kappa shape index (κ1) is 14.9. The molecule has 0 amide bonds. The summed E-state index contributed by atoms with van der Waals surface area (Å²) in [6.07, 6.45) is 2.58. The number of likely N-dealkylation sites (N-methyl/N-ethyl adjacent to an activating group) is 1. The monoisotopic (exact) mass is 279 g/mol. The molecule has 2 rings (SSSR count). The molecule has 1 aromatic carbocycles. The molecule has 3 N–H and O–H groups in total. The van der Waals surface area contributed by atoms with E-state index < -0.39 is 5.82 Å². The Balaban J connectivity index is 1.81. The molecule has 1 aliphatic rings. The molecule has 0 atom stereocenters. The first-order valence-corrected chi connectivity index (χ1v) is 6.96. The second-order valence-electron chi connectivity index (χ2n) is 5.45. The number of nitrogen functional groups attached to an aromatic ring is 1. The molecule has 0 radical (unpaired) electrons. The van der Waals surface area contributed by atoms with Crippen LogP contribution < -0.4 is 5.73 Å². The average Bonchev–Trinajstić information content (AvgIpc) is 3.21. The van der Waals surface area contributed by atoms with E-state index in [9.17, 15) is 4.39 Å². The smallest absolute Gasteiger partial charge is 0.138 e. The van der Waals surface area contributed by atoms with Crippen molar-refractivity contribution in [2.45, 2.75) is 19.4 Å². The fourth-order valence-corrected chi connectivity index (χ4v) is 2.03. The van der Waals surface area contributed by atoms with E-state index in [-0.39, 0.29) is 11.4 Å². The third-order valence-corrected chi connectivity index (χ3v) is 3.48. The predicted molar refractivity (Wildman–Crippen MR) is 77.3 cm³/mol. The van der Waals surface area contributed by atoms with Crippen LogP contribution in [-0.4, -0.2) is 37.5 Å². The molecular formula is C15H22FN3O. The van der Waals surface area contributed by atoms with Crippen molar-refractivity contribution in [3.8, 4) is 0 Å². The zero-order chi connectivity index (χ0) is 14.5. The van der Waals surface area contributed by atoms with Crippen molar-refractivity contribution < 1.29 is 9.13 Å². The average molecular weight is 279 g/mol. The molecule has 110 valence electrons. The number of hydrogen-bond acceptors (Lipinski definition) is 3. The van der Waals surface area contributed by atoms with Crippen LogP contribution in [0.3, 0.4) is 0 Å². The number of nitrogens with two attached hydrogens (primary N) is 1. The van der Waals surface area contributed by atoms with Crippen LogP contribution in [0, 0.1) is 17.1 Å². The van der Waals surface area contributed by atoms with Crippen molar-refractivity contribution in [3.05, 3.63) is 35.1 Å². The van der Waals surface area contributed by atoms with E-state index in [0.717, 1.165) is 19.1 Å². The first-order valence-electron chi connectivity index (χ1n) is 6.96. The lowest BCUT2D eigenvalue weighted by molar-refractivity contribution is 0.101. The summed E-state index contributed by atoms with van der Waals surface area (Å²) >= 11 is 0. The van der Waals surface area contributed by atoms with Crippen LogP contribution >= 0.6 is 0 Å². The SMILES string of the molecule is CN(CCOCC1CC1)Cc1cccc(C(=N)N)c1F. The molecule has 0 spiro atoms. The van der Waals surface area contributed by atoms with Crippen LogP contribution in [0.25, 0.3) is 0 Å². The zero-order valence-corrected chi connectivity index (χ0v) is 11.9. The van der Waals surface area contributed by atoms with Gasteiger partial charge in [0.1, 0.15) is 11.7 Å². The summed E-state index contributed by atoms with van der Waals surface area (Å²) < 4.78 is 19.7. The number of nitrogens with one attached hydrogen (secondary N) is 1. The number of hydrogen-bond donors (Lipinski definition) is 2. The fraction of sp³-hybridized carbons (Fsp3) is 0.533. The summed E-state index contributed by atoms with van der Waals surface area (Å²) in [5.41, 5.74) is 6.08. The summed E-state index contributed by atoms with van der Waals surface area (Å²) in [5.74, 6) is 0.135. The van der Waals surface area contributed by atoms with Crippen molar-refractivity contribution in [2.24, 2.45) is 11.7 Å². The van der Waals surface area contributed by atoms with Gasteiger partial charge in [-0.25, -0.2) is 4.39 Å². The van der Waals surface area contributed by atoms with Gasteiger partial charge in [-0.05, 0) is 31.9 Å². The third kappa shape index (κ3) is 4.28. The van der Waals surface area contributed by atoms with E-state index in [2.05, 4.69) is 0 Å². The van der Waals surface area contributed by atoms with E-state index in [0.29, 0.717) is 18.7 Å². The highest BCUT2D eigenvalue weighted by Crippen LogP contribution is 2.28. The van der Waals surface area contributed by atoms with Crippen molar-refractivity contribution in [1.29, 1.82) is 5.41 Å². The third-order valence-electron chi connectivity index (χ3n) is 3.48. The number of amidine groups is 1. The summed E-state index contributed by atoms with van der Waals surface area (Å²) in [5, 5.41) is 7.34. The molecule has 0 heterocycles. The summed E-state index contributed by atoms with van der Waals surface area (Å²) in [7, 11) is 1.93. The molecule has 0 saturated heterocycles. The predicted octanol–water partition coefficient (Wildman–Crippen LogP) is 1.97. The highest BCUT2D eigenvalue weighted by molar-refractivity contribution is 5.95. The molecule has 5 heteroatoms. The molecule has 1 aliphatic carbocycles. The molecule has 0 unspecified atom stereocenters. The number of nitrogens with zero attached hydrogens (tertiary/aromatic N) is 1. The molecule has 0 bridgehead atoms. The van der Waals surface area contributed by atoms with Gasteiger partial charge in [0.25, 0.3) is 0 Å². The van der Waals surface area contributed by atoms with Crippen molar-refractivity contribution >= 4 is 5.84 Å². The molecule has 0 aromatic heterocycles. The molecule has 1 aromatic rings. The normalized spacial score (nSPS) is 14.8. The lowest BCUT2D eigenvalue weighted by atomic mass is 10.1. The van der Waals surface area contributed by atoms with Gasteiger partial charge >= 0.3 is 0 Å². The lowest BCUT2D eigenvalue weighted by Gasteiger charge is -2.17. The highest BCUT2D eigenvalue weighted by Gasteiger charge is 2.21. The summed E-state index contributed by atoms with van der Waals surface area (Å²) in [4.78, 5) is 2.01. The van der Waals surface area contributed by atoms with Crippen LogP contribution in [0.1, 0.15) is 24.0 Å². The Morgan fingerprint density at radius 3 is 2.90 bits per heavy atom. The van der Waals surface area contributed by atoms with Crippen molar-refractivity contribution in [3.63, 3.8) is 0 Å². The van der Waals surface area contributed by atoms with Gasteiger partial charge in [-0.1, -0.05) is 12.1 Å². The Morgan fingerprint density at radius 2 is 2.25 bits per heavy atom. The number of benzene rings is 1. The van der Waals surface area contributed by atoms with Crippen LogP contribution in [0.4, 0.5) is 4.39 Å². The van der Waals surface area contributed by atoms with Crippen LogP contribution in [0.15, 0.2) is 18.2 Å². The number of rotatable bonds is 8. The topological polar surface area (TPSA) is 62.3 Å². The number of halogens is 1. The van der Waals surface area contributed by atoms with Gasteiger partial charge in [-0.3, -0.25) is 10.3 Å². The molecular weight excluding hydrogens is 257 g/mol. The van der Waals surface area contributed by atoms with Crippen LogP contribution in [-0.2, 0) is 11.3 Å². The lowest BCUT2D eigenvalue weighted by Crippen LogP contribution is -2.24. The van der Waals surface area contributed by atoms with Gasteiger partial charge in [0.2, 0.25) is 0 Å². The quantitative estimate of drug-likeness (QED) is 0.434. The van der Waals surface area contributed by atoms with Gasteiger partial charge in [0, 0.05) is 25.3 Å². The molecule has 0 aliphatic heterocycles. The summed E-state index contributed by atoms with van der Waals surface area (Å²) in [6, 6.07) is 4.98. The largest absolute Gasteiger partial charge is 0.384 e. The minimum absolute atomic E-state index is 0.167. The maximum atomic E-state index is 14.1. The standard InChI is InChI=1S/C15H22FN3O/c1-19(7-8-20-10-11-5-6-11)9-12-3-2-4-13(14(12)16)15(17)18/h2-4,11H,5-10H2,1H3,(H3,17,18). The van der Waals surface area contributed by atoms with Gasteiger partial charge < -0.3 is 10.5 Å². The maximum absolute atomic E-state index is 14.1. The minimum Gasteiger partial charge on any atom is -0.384 e. The Labute approximate surface area is 119 Å². The van der Waals surface area contributed by atoms with Gasteiger partial charge in [-0.15, -0.1) is 0 Å². The molecule has 4 nitrogen and oxygen atoms in total. The Hall–Kier alpha value is -1.46. The fourth-order valence-electron chi connectivity index (χ4n) is 2.03. The van der Waals surface area contributed by atoms with Crippen LogP contribution in [0.2, 0.25) is 0 Å². The molecule has 1 saturated carbocycles.